The summed E-state index contributed by atoms with van der Waals surface area (Å²) in [6, 6.07) is 10.8. The summed E-state index contributed by atoms with van der Waals surface area (Å²) < 4.78 is 19.0. The van der Waals surface area contributed by atoms with Crippen LogP contribution in [0.4, 0.5) is 0 Å². The van der Waals surface area contributed by atoms with Crippen LogP contribution in [-0.4, -0.2) is 40.3 Å². The van der Waals surface area contributed by atoms with Gasteiger partial charge in [0.15, 0.2) is 17.1 Å². The third kappa shape index (κ3) is 3.79. The number of methoxy groups -OCH3 is 1. The lowest BCUT2D eigenvalue weighted by molar-refractivity contribution is -0.121. The highest BCUT2D eigenvalue weighted by molar-refractivity contribution is 5.82. The maximum Gasteiger partial charge on any atom is 0.291 e. The molecule has 1 aromatic carbocycles. The van der Waals surface area contributed by atoms with Crippen LogP contribution in [-0.2, 0) is 11.3 Å². The number of rotatable bonds is 8. The minimum absolute atomic E-state index is 0.157. The standard InChI is InChI=1S/C20H20N4O5/c1-27-16-5-2-3-6-17(16)28-9-4-8-21-19(25)12-24-20(26)15-11-18-14(7-10-29-18)23(15)13-22-24/h2-3,5-7,10-11,13H,4,8-9,12H2,1H3,(H,21,25). The lowest BCUT2D eigenvalue weighted by Gasteiger charge is -2.10. The fourth-order valence-corrected chi connectivity index (χ4v) is 3.06. The molecule has 4 rings (SSSR count). The first-order chi connectivity index (χ1) is 14.2. The number of aromatic nitrogens is 3. The van der Waals surface area contributed by atoms with Crippen LogP contribution in [0, 0.1) is 0 Å². The molecule has 0 aliphatic heterocycles. The van der Waals surface area contributed by atoms with Gasteiger partial charge in [0, 0.05) is 18.7 Å². The van der Waals surface area contributed by atoms with E-state index in [4.69, 9.17) is 13.9 Å². The maximum atomic E-state index is 12.6. The molecule has 3 aromatic heterocycles. The van der Waals surface area contributed by atoms with Crippen molar-refractivity contribution in [3.63, 3.8) is 0 Å². The van der Waals surface area contributed by atoms with Gasteiger partial charge < -0.3 is 19.2 Å². The van der Waals surface area contributed by atoms with Gasteiger partial charge in [-0.3, -0.25) is 14.0 Å². The van der Waals surface area contributed by atoms with E-state index in [0.29, 0.717) is 42.2 Å². The number of nitrogens with zero attached hydrogens (tertiary/aromatic N) is 3. The Labute approximate surface area is 165 Å². The lowest BCUT2D eigenvalue weighted by Crippen LogP contribution is -2.34. The average molecular weight is 396 g/mol. The van der Waals surface area contributed by atoms with Gasteiger partial charge in [0.2, 0.25) is 5.91 Å². The smallest absolute Gasteiger partial charge is 0.291 e. The lowest BCUT2D eigenvalue weighted by atomic mass is 10.3. The minimum Gasteiger partial charge on any atom is -0.493 e. The van der Waals surface area contributed by atoms with E-state index in [1.54, 1.807) is 29.9 Å². The molecule has 0 saturated carbocycles. The first-order valence-electron chi connectivity index (χ1n) is 9.14. The molecule has 150 valence electrons. The Bertz CT molecular complexity index is 1210. The zero-order chi connectivity index (χ0) is 20.2. The molecule has 0 aliphatic rings. The van der Waals surface area contributed by atoms with Crippen molar-refractivity contribution >= 4 is 22.5 Å². The third-order valence-electron chi connectivity index (χ3n) is 4.48. The van der Waals surface area contributed by atoms with E-state index in [-0.39, 0.29) is 18.0 Å². The summed E-state index contributed by atoms with van der Waals surface area (Å²) in [6.07, 6.45) is 3.66. The summed E-state index contributed by atoms with van der Waals surface area (Å²) in [5, 5.41) is 6.85. The molecule has 0 unspecified atom stereocenters. The summed E-state index contributed by atoms with van der Waals surface area (Å²) in [6.45, 7) is 0.687. The van der Waals surface area contributed by atoms with Crippen LogP contribution < -0.4 is 20.3 Å². The average Bonchev–Trinajstić information content (AvgIpc) is 3.32. The van der Waals surface area contributed by atoms with Crippen LogP contribution in [0.2, 0.25) is 0 Å². The van der Waals surface area contributed by atoms with Crippen LogP contribution in [0.15, 0.2) is 58.2 Å². The van der Waals surface area contributed by atoms with Crippen molar-refractivity contribution in [1.29, 1.82) is 0 Å². The molecule has 9 nitrogen and oxygen atoms in total. The van der Waals surface area contributed by atoms with Gasteiger partial charge in [-0.05, 0) is 18.6 Å². The van der Waals surface area contributed by atoms with E-state index < -0.39 is 0 Å². The Kier molecular flexibility index (Phi) is 5.19. The van der Waals surface area contributed by atoms with E-state index in [9.17, 15) is 9.59 Å². The Hall–Kier alpha value is -3.75. The summed E-state index contributed by atoms with van der Waals surface area (Å²) in [5.74, 6) is 1.02. The highest BCUT2D eigenvalue weighted by Crippen LogP contribution is 2.25. The van der Waals surface area contributed by atoms with Gasteiger partial charge >= 0.3 is 0 Å². The van der Waals surface area contributed by atoms with Gasteiger partial charge in [0.05, 0.1) is 25.5 Å². The second-order valence-electron chi connectivity index (χ2n) is 6.37. The second-order valence-corrected chi connectivity index (χ2v) is 6.37. The molecule has 4 aromatic rings. The van der Waals surface area contributed by atoms with Crippen LogP contribution >= 0.6 is 0 Å². The molecule has 0 spiro atoms. The predicted molar refractivity (Wildman–Crippen MR) is 105 cm³/mol. The number of fused-ring (bicyclic) bond motifs is 3. The minimum atomic E-state index is -0.353. The molecule has 0 radical (unpaired) electrons. The molecule has 0 atom stereocenters. The maximum absolute atomic E-state index is 12.6. The van der Waals surface area contributed by atoms with Crippen LogP contribution in [0.1, 0.15) is 6.42 Å². The molecule has 3 heterocycles. The van der Waals surface area contributed by atoms with Crippen molar-refractivity contribution in [3.8, 4) is 11.5 Å². The highest BCUT2D eigenvalue weighted by Gasteiger charge is 2.12. The van der Waals surface area contributed by atoms with Crippen molar-refractivity contribution in [3.05, 3.63) is 59.3 Å². The normalized spacial score (nSPS) is 11.1. The Morgan fingerprint density at radius 1 is 1.21 bits per heavy atom. The number of furan rings is 1. The SMILES string of the molecule is COc1ccccc1OCCCNC(=O)Cn1ncn2c(cc3occc32)c1=O. The highest BCUT2D eigenvalue weighted by atomic mass is 16.5. The van der Waals surface area contributed by atoms with Crippen LogP contribution in [0.3, 0.4) is 0 Å². The van der Waals surface area contributed by atoms with Crippen molar-refractivity contribution in [2.24, 2.45) is 0 Å². The van der Waals surface area contributed by atoms with E-state index in [2.05, 4.69) is 10.4 Å². The number of hydrogen-bond donors (Lipinski definition) is 1. The summed E-state index contributed by atoms with van der Waals surface area (Å²) in [4.78, 5) is 24.7. The van der Waals surface area contributed by atoms with Crippen molar-refractivity contribution in [2.45, 2.75) is 13.0 Å². The predicted octanol–water partition coefficient (Wildman–Crippen LogP) is 1.84. The van der Waals surface area contributed by atoms with Gasteiger partial charge in [-0.1, -0.05) is 12.1 Å². The molecule has 0 fully saturated rings. The molecule has 1 N–H and O–H groups in total. The topological polar surface area (TPSA) is 100 Å². The summed E-state index contributed by atoms with van der Waals surface area (Å²) in [7, 11) is 1.58. The Balaban J connectivity index is 1.29. The Morgan fingerprint density at radius 3 is 2.86 bits per heavy atom. The second kappa shape index (κ2) is 8.09. The number of ether oxygens (including phenoxy) is 2. The molecule has 0 saturated heterocycles. The van der Waals surface area contributed by atoms with Crippen LogP contribution in [0.5, 0.6) is 11.5 Å². The Morgan fingerprint density at radius 2 is 2.03 bits per heavy atom. The molecule has 29 heavy (non-hydrogen) atoms. The molecule has 0 aliphatic carbocycles. The van der Waals surface area contributed by atoms with Gasteiger partial charge in [0.25, 0.3) is 5.56 Å². The first-order valence-corrected chi connectivity index (χ1v) is 9.14. The van der Waals surface area contributed by atoms with Crippen LogP contribution in [0.25, 0.3) is 16.6 Å². The number of carbonyl (C=O) groups is 1. The molecule has 0 bridgehead atoms. The number of benzene rings is 1. The monoisotopic (exact) mass is 396 g/mol. The van der Waals surface area contributed by atoms with Crippen molar-refractivity contribution < 1.29 is 18.7 Å². The molecular formula is C20H20N4O5. The van der Waals surface area contributed by atoms with Gasteiger partial charge in [-0.25, -0.2) is 4.68 Å². The number of para-hydroxylation sites is 2. The van der Waals surface area contributed by atoms with Gasteiger partial charge in [-0.15, -0.1) is 0 Å². The zero-order valence-electron chi connectivity index (χ0n) is 15.8. The number of carbonyl (C=O) groups excluding carboxylic acids is 1. The quantitative estimate of drug-likeness (QED) is 0.456. The fraction of sp³-hybridized carbons (Fsp3) is 0.250. The molecule has 9 heteroatoms. The van der Waals surface area contributed by atoms with Gasteiger partial charge in [-0.2, -0.15) is 5.10 Å². The van der Waals surface area contributed by atoms with E-state index in [1.165, 1.54) is 6.33 Å². The van der Waals surface area contributed by atoms with Crippen molar-refractivity contribution in [1.82, 2.24) is 19.5 Å². The molecule has 1 amide bonds. The number of nitrogens with one attached hydrogen (secondary N) is 1. The third-order valence-corrected chi connectivity index (χ3v) is 4.48. The van der Waals surface area contributed by atoms with E-state index >= 15 is 0 Å². The van der Waals surface area contributed by atoms with Crippen molar-refractivity contribution in [2.75, 3.05) is 20.3 Å². The summed E-state index contributed by atoms with van der Waals surface area (Å²) in [5.41, 5.74) is 1.42. The number of hydrogen-bond acceptors (Lipinski definition) is 6. The number of amides is 1. The largest absolute Gasteiger partial charge is 0.493 e. The van der Waals surface area contributed by atoms with Gasteiger partial charge in [0.1, 0.15) is 18.4 Å². The van der Waals surface area contributed by atoms with E-state index in [0.717, 1.165) is 10.2 Å². The van der Waals surface area contributed by atoms with E-state index in [1.807, 2.05) is 24.3 Å². The molecular weight excluding hydrogens is 376 g/mol. The first kappa shape index (κ1) is 18.6. The fourth-order valence-electron chi connectivity index (χ4n) is 3.06. The zero-order valence-corrected chi connectivity index (χ0v) is 15.8. The summed E-state index contributed by atoms with van der Waals surface area (Å²) >= 11 is 0.